The summed E-state index contributed by atoms with van der Waals surface area (Å²) in [6, 6.07) is 1.14. The standard InChI is InChI=1S/C12H28NO2PS/c1-6-15-16(14,17)10-8-7-9-13(11(2)3)12(4)5/h11-12H,6-10H2,1-5H3,(H,14,17). The van der Waals surface area contributed by atoms with Crippen molar-refractivity contribution in [3.63, 3.8) is 0 Å². The first kappa shape index (κ1) is 17.5. The summed E-state index contributed by atoms with van der Waals surface area (Å²) in [5, 5.41) is 0. The van der Waals surface area contributed by atoms with Gasteiger partial charge in [-0.3, -0.25) is 4.90 Å². The lowest BCUT2D eigenvalue weighted by molar-refractivity contribution is 0.172. The molecule has 0 fully saturated rings. The Morgan fingerprint density at radius 3 is 2.12 bits per heavy atom. The molecule has 0 spiro atoms. The van der Waals surface area contributed by atoms with Gasteiger partial charge in [0.15, 0.2) is 6.49 Å². The summed E-state index contributed by atoms with van der Waals surface area (Å²) in [7, 11) is 0. The Labute approximate surface area is 112 Å². The van der Waals surface area contributed by atoms with Crippen LogP contribution in [0.15, 0.2) is 0 Å². The normalized spacial score (nSPS) is 15.8. The summed E-state index contributed by atoms with van der Waals surface area (Å²) < 4.78 is 5.20. The molecule has 0 aromatic carbocycles. The number of unbranched alkanes of at least 4 members (excludes halogenated alkanes) is 1. The minimum atomic E-state index is -2.49. The molecule has 0 radical (unpaired) electrons. The second kappa shape index (κ2) is 8.60. The molecule has 3 nitrogen and oxygen atoms in total. The lowest BCUT2D eigenvalue weighted by atomic mass is 10.2. The van der Waals surface area contributed by atoms with Crippen molar-refractivity contribution in [1.29, 1.82) is 0 Å². The molecule has 0 aliphatic carbocycles. The van der Waals surface area contributed by atoms with Crippen LogP contribution in [0.4, 0.5) is 0 Å². The molecule has 17 heavy (non-hydrogen) atoms. The SMILES string of the molecule is CCOP(O)(=S)CCCCN(C(C)C)C(C)C. The average molecular weight is 281 g/mol. The highest BCUT2D eigenvalue weighted by Gasteiger charge is 2.15. The second-order valence-corrected chi connectivity index (χ2v) is 8.60. The quantitative estimate of drug-likeness (QED) is 0.519. The lowest BCUT2D eigenvalue weighted by Gasteiger charge is -2.30. The third-order valence-corrected chi connectivity index (χ3v) is 5.17. The largest absolute Gasteiger partial charge is 0.345 e. The van der Waals surface area contributed by atoms with E-state index in [0.29, 0.717) is 24.9 Å². The molecule has 1 unspecified atom stereocenters. The van der Waals surface area contributed by atoms with Crippen molar-refractivity contribution in [1.82, 2.24) is 4.90 Å². The molecule has 0 aromatic heterocycles. The van der Waals surface area contributed by atoms with E-state index in [1.54, 1.807) is 0 Å². The van der Waals surface area contributed by atoms with E-state index in [2.05, 4.69) is 32.6 Å². The minimum absolute atomic E-state index is 0.512. The second-order valence-electron chi connectivity index (χ2n) is 4.91. The van der Waals surface area contributed by atoms with E-state index < -0.39 is 6.49 Å². The van der Waals surface area contributed by atoms with E-state index in [-0.39, 0.29) is 0 Å². The molecular weight excluding hydrogens is 253 g/mol. The molecule has 0 rings (SSSR count). The van der Waals surface area contributed by atoms with Crippen LogP contribution < -0.4 is 0 Å². The van der Waals surface area contributed by atoms with E-state index in [4.69, 9.17) is 16.3 Å². The summed E-state index contributed by atoms with van der Waals surface area (Å²) in [6.07, 6.45) is 2.66. The van der Waals surface area contributed by atoms with Crippen LogP contribution in [-0.2, 0) is 16.3 Å². The van der Waals surface area contributed by atoms with Crippen LogP contribution in [0.25, 0.3) is 0 Å². The van der Waals surface area contributed by atoms with Crippen molar-refractivity contribution in [2.45, 2.75) is 59.5 Å². The fourth-order valence-corrected chi connectivity index (χ4v) is 3.84. The van der Waals surface area contributed by atoms with Gasteiger partial charge in [0.25, 0.3) is 0 Å². The van der Waals surface area contributed by atoms with Crippen molar-refractivity contribution < 1.29 is 9.42 Å². The smallest absolute Gasteiger partial charge is 0.186 e. The molecule has 0 saturated carbocycles. The number of hydrogen-bond acceptors (Lipinski definition) is 3. The zero-order valence-corrected chi connectivity index (χ0v) is 13.6. The Morgan fingerprint density at radius 2 is 1.71 bits per heavy atom. The predicted molar refractivity (Wildman–Crippen MR) is 79.2 cm³/mol. The van der Waals surface area contributed by atoms with Crippen LogP contribution in [-0.4, -0.2) is 41.2 Å². The summed E-state index contributed by atoms with van der Waals surface area (Å²) in [4.78, 5) is 12.2. The van der Waals surface area contributed by atoms with E-state index in [0.717, 1.165) is 19.4 Å². The maximum atomic E-state index is 9.79. The van der Waals surface area contributed by atoms with Gasteiger partial charge >= 0.3 is 0 Å². The zero-order chi connectivity index (χ0) is 13.5. The van der Waals surface area contributed by atoms with Crippen LogP contribution >= 0.6 is 6.49 Å². The van der Waals surface area contributed by atoms with Crippen LogP contribution in [0.3, 0.4) is 0 Å². The minimum Gasteiger partial charge on any atom is -0.345 e. The molecule has 0 amide bonds. The van der Waals surface area contributed by atoms with Gasteiger partial charge in [-0.1, -0.05) is 0 Å². The van der Waals surface area contributed by atoms with Gasteiger partial charge in [-0.05, 0) is 65.8 Å². The van der Waals surface area contributed by atoms with Gasteiger partial charge in [0.05, 0.1) is 6.61 Å². The molecule has 104 valence electrons. The van der Waals surface area contributed by atoms with Gasteiger partial charge in [-0.15, -0.1) is 0 Å². The predicted octanol–water partition coefficient (Wildman–Crippen LogP) is 3.22. The van der Waals surface area contributed by atoms with Crippen molar-refractivity contribution in [3.05, 3.63) is 0 Å². The highest BCUT2D eigenvalue weighted by atomic mass is 32.5. The van der Waals surface area contributed by atoms with Gasteiger partial charge < -0.3 is 9.42 Å². The highest BCUT2D eigenvalue weighted by molar-refractivity contribution is 8.09. The monoisotopic (exact) mass is 281 g/mol. The van der Waals surface area contributed by atoms with Gasteiger partial charge in [0.1, 0.15) is 0 Å². The van der Waals surface area contributed by atoms with Gasteiger partial charge in [-0.25, -0.2) is 0 Å². The van der Waals surface area contributed by atoms with E-state index in [1.165, 1.54) is 0 Å². The van der Waals surface area contributed by atoms with Crippen molar-refractivity contribution >= 4 is 18.3 Å². The molecule has 0 aliphatic heterocycles. The Bertz CT molecular complexity index is 239. The van der Waals surface area contributed by atoms with E-state index in [1.807, 2.05) is 6.92 Å². The van der Waals surface area contributed by atoms with E-state index >= 15 is 0 Å². The van der Waals surface area contributed by atoms with Crippen LogP contribution in [0, 0.1) is 0 Å². The third kappa shape index (κ3) is 8.28. The number of hydrogen-bond donors (Lipinski definition) is 1. The first-order valence-corrected chi connectivity index (χ1v) is 9.38. The number of nitrogens with zero attached hydrogens (tertiary/aromatic N) is 1. The summed E-state index contributed by atoms with van der Waals surface area (Å²) in [5.41, 5.74) is 0. The van der Waals surface area contributed by atoms with Crippen molar-refractivity contribution in [2.24, 2.45) is 0 Å². The Balaban J connectivity index is 3.87. The molecule has 0 aromatic rings. The lowest BCUT2D eigenvalue weighted by Crippen LogP contribution is -2.37. The van der Waals surface area contributed by atoms with Gasteiger partial charge in [0, 0.05) is 18.2 Å². The third-order valence-electron chi connectivity index (χ3n) is 2.76. The molecular formula is C12H28NO2PS. The fourth-order valence-electron chi connectivity index (χ4n) is 1.98. The summed E-state index contributed by atoms with van der Waals surface area (Å²) in [6.45, 7) is 9.84. The van der Waals surface area contributed by atoms with Gasteiger partial charge in [0.2, 0.25) is 0 Å². The van der Waals surface area contributed by atoms with Crippen LogP contribution in [0.1, 0.15) is 47.5 Å². The van der Waals surface area contributed by atoms with Crippen LogP contribution in [0.5, 0.6) is 0 Å². The maximum absolute atomic E-state index is 9.79. The Hall–Kier alpha value is 0.530. The fraction of sp³-hybridized carbons (Fsp3) is 1.00. The Morgan fingerprint density at radius 1 is 1.18 bits per heavy atom. The first-order valence-electron chi connectivity index (χ1n) is 6.52. The summed E-state index contributed by atoms with van der Waals surface area (Å²) in [5.74, 6) is 0. The highest BCUT2D eigenvalue weighted by Crippen LogP contribution is 2.42. The molecule has 0 heterocycles. The average Bonchev–Trinajstić information content (AvgIpc) is 2.15. The molecule has 5 heteroatoms. The van der Waals surface area contributed by atoms with E-state index in [9.17, 15) is 4.89 Å². The molecule has 0 bridgehead atoms. The van der Waals surface area contributed by atoms with Crippen molar-refractivity contribution in [3.8, 4) is 0 Å². The zero-order valence-electron chi connectivity index (χ0n) is 11.8. The molecule has 0 aliphatic rings. The molecule has 1 atom stereocenters. The topological polar surface area (TPSA) is 32.7 Å². The maximum Gasteiger partial charge on any atom is 0.186 e. The molecule has 0 saturated heterocycles. The van der Waals surface area contributed by atoms with Crippen LogP contribution in [0.2, 0.25) is 0 Å². The van der Waals surface area contributed by atoms with Gasteiger partial charge in [-0.2, -0.15) is 0 Å². The molecule has 1 N–H and O–H groups in total. The number of rotatable bonds is 9. The van der Waals surface area contributed by atoms with Crippen molar-refractivity contribution in [2.75, 3.05) is 19.3 Å². The summed E-state index contributed by atoms with van der Waals surface area (Å²) >= 11 is 5.06. The Kier molecular flexibility index (Phi) is 8.87. The first-order chi connectivity index (χ1) is 7.80.